The lowest BCUT2D eigenvalue weighted by atomic mass is 10.2. The molecule has 23 heavy (non-hydrogen) atoms. The molecule has 0 radical (unpaired) electrons. The van der Waals surface area contributed by atoms with Gasteiger partial charge in [0.2, 0.25) is 11.8 Å². The van der Waals surface area contributed by atoms with E-state index in [1.165, 1.54) is 18.7 Å². The number of nitrogens with zero attached hydrogens (tertiary/aromatic N) is 5. The van der Waals surface area contributed by atoms with E-state index in [1.54, 1.807) is 13.3 Å². The minimum Gasteiger partial charge on any atom is -0.340 e. The fourth-order valence-corrected chi connectivity index (χ4v) is 2.74. The number of aromatic nitrogens is 5. The van der Waals surface area contributed by atoms with Gasteiger partial charge >= 0.3 is 0 Å². The minimum atomic E-state index is -0.118. The highest BCUT2D eigenvalue weighted by Gasteiger charge is 2.10. The maximum absolute atomic E-state index is 11.2. The Morgan fingerprint density at radius 2 is 2.30 bits per heavy atom. The van der Waals surface area contributed by atoms with Gasteiger partial charge in [-0.3, -0.25) is 9.36 Å². The molecule has 2 heterocycles. The number of carbonyl (C=O) groups is 1. The van der Waals surface area contributed by atoms with Gasteiger partial charge in [-0.15, -0.1) is 10.2 Å². The van der Waals surface area contributed by atoms with Crippen LogP contribution in [0.25, 0.3) is 5.69 Å². The van der Waals surface area contributed by atoms with Crippen LogP contribution in [0.15, 0.2) is 40.3 Å². The first-order chi connectivity index (χ1) is 11.1. The van der Waals surface area contributed by atoms with Crippen LogP contribution in [0.2, 0.25) is 0 Å². The van der Waals surface area contributed by atoms with Crippen molar-refractivity contribution in [2.24, 2.45) is 0 Å². The van der Waals surface area contributed by atoms with Crippen LogP contribution in [0.3, 0.4) is 0 Å². The van der Waals surface area contributed by atoms with Crippen molar-refractivity contribution < 1.29 is 9.32 Å². The molecule has 0 unspecified atom stereocenters. The Bertz CT molecular complexity index is 828. The van der Waals surface area contributed by atoms with Crippen molar-refractivity contribution in [3.05, 3.63) is 42.3 Å². The van der Waals surface area contributed by atoms with Gasteiger partial charge in [-0.25, -0.2) is 0 Å². The molecule has 1 aromatic carbocycles. The summed E-state index contributed by atoms with van der Waals surface area (Å²) in [5.41, 5.74) is 1.57. The second-order valence-electron chi connectivity index (χ2n) is 4.73. The van der Waals surface area contributed by atoms with Gasteiger partial charge in [0.1, 0.15) is 6.33 Å². The minimum absolute atomic E-state index is 0.118. The molecule has 1 amide bonds. The van der Waals surface area contributed by atoms with Gasteiger partial charge in [0, 0.05) is 19.5 Å². The zero-order chi connectivity index (χ0) is 16.2. The summed E-state index contributed by atoms with van der Waals surface area (Å²) in [6.45, 7) is 3.22. The lowest BCUT2D eigenvalue weighted by molar-refractivity contribution is -0.114. The Labute approximate surface area is 136 Å². The molecule has 0 aliphatic carbocycles. The lowest BCUT2D eigenvalue weighted by Crippen LogP contribution is -2.06. The molecule has 9 heteroatoms. The lowest BCUT2D eigenvalue weighted by Gasteiger charge is -2.08. The number of nitrogens with one attached hydrogen (secondary N) is 1. The fraction of sp³-hybridized carbons (Fsp3) is 0.214. The maximum atomic E-state index is 11.2. The molecule has 3 aromatic rings. The summed E-state index contributed by atoms with van der Waals surface area (Å²) < 4.78 is 6.78. The molecule has 8 nitrogen and oxygen atoms in total. The third kappa shape index (κ3) is 3.75. The van der Waals surface area contributed by atoms with E-state index in [-0.39, 0.29) is 5.91 Å². The van der Waals surface area contributed by atoms with E-state index < -0.39 is 0 Å². The zero-order valence-corrected chi connectivity index (χ0v) is 13.4. The molecular weight excluding hydrogens is 316 g/mol. The van der Waals surface area contributed by atoms with Crippen LogP contribution in [0.5, 0.6) is 0 Å². The third-order valence-electron chi connectivity index (χ3n) is 2.86. The summed E-state index contributed by atoms with van der Waals surface area (Å²) in [6.07, 6.45) is 1.62. The summed E-state index contributed by atoms with van der Waals surface area (Å²) in [5, 5.41) is 15.4. The molecule has 0 spiro atoms. The topological polar surface area (TPSA) is 98.7 Å². The summed E-state index contributed by atoms with van der Waals surface area (Å²) in [6, 6.07) is 7.45. The molecule has 0 aliphatic heterocycles. The predicted octanol–water partition coefficient (Wildman–Crippen LogP) is 2.21. The zero-order valence-electron chi connectivity index (χ0n) is 12.6. The highest BCUT2D eigenvalue weighted by atomic mass is 32.2. The molecule has 118 valence electrons. The number of benzene rings is 1. The van der Waals surface area contributed by atoms with Gasteiger partial charge in [-0.2, -0.15) is 4.98 Å². The van der Waals surface area contributed by atoms with Crippen molar-refractivity contribution in [2.75, 3.05) is 5.32 Å². The fourth-order valence-electron chi connectivity index (χ4n) is 1.97. The molecule has 0 saturated heterocycles. The van der Waals surface area contributed by atoms with E-state index in [1.807, 2.05) is 28.8 Å². The van der Waals surface area contributed by atoms with Crippen molar-refractivity contribution in [1.29, 1.82) is 0 Å². The SMILES string of the molecule is CC(=O)Nc1cccc(-n2cnnc2SCc2noc(C)n2)c1. The van der Waals surface area contributed by atoms with Crippen LogP contribution in [-0.2, 0) is 10.5 Å². The molecule has 0 aliphatic rings. The van der Waals surface area contributed by atoms with Crippen LogP contribution in [0.4, 0.5) is 5.69 Å². The van der Waals surface area contributed by atoms with E-state index in [0.717, 1.165) is 5.69 Å². The van der Waals surface area contributed by atoms with Crippen molar-refractivity contribution in [3.63, 3.8) is 0 Å². The highest BCUT2D eigenvalue weighted by Crippen LogP contribution is 2.23. The normalized spacial score (nSPS) is 10.7. The van der Waals surface area contributed by atoms with Crippen molar-refractivity contribution >= 4 is 23.4 Å². The quantitative estimate of drug-likeness (QED) is 0.716. The van der Waals surface area contributed by atoms with Gasteiger partial charge in [-0.05, 0) is 18.2 Å². The molecular formula is C14H14N6O2S. The summed E-state index contributed by atoms with van der Waals surface area (Å²) in [7, 11) is 0. The number of hydrogen-bond donors (Lipinski definition) is 1. The molecule has 0 saturated carbocycles. The van der Waals surface area contributed by atoms with Crippen molar-refractivity contribution in [3.8, 4) is 5.69 Å². The second-order valence-corrected chi connectivity index (χ2v) is 5.68. The molecule has 0 atom stereocenters. The average Bonchev–Trinajstić information content (AvgIpc) is 3.13. The summed E-state index contributed by atoms with van der Waals surface area (Å²) >= 11 is 1.45. The second kappa shape index (κ2) is 6.61. The number of hydrogen-bond acceptors (Lipinski definition) is 7. The van der Waals surface area contributed by atoms with E-state index in [0.29, 0.717) is 28.3 Å². The average molecular weight is 330 g/mol. The monoisotopic (exact) mass is 330 g/mol. The largest absolute Gasteiger partial charge is 0.340 e. The predicted molar refractivity (Wildman–Crippen MR) is 84.3 cm³/mol. The number of thioether (sulfide) groups is 1. The van der Waals surface area contributed by atoms with Gasteiger partial charge in [-0.1, -0.05) is 23.0 Å². The first-order valence-electron chi connectivity index (χ1n) is 6.82. The maximum Gasteiger partial charge on any atom is 0.223 e. The van der Waals surface area contributed by atoms with Crippen LogP contribution in [-0.4, -0.2) is 30.8 Å². The number of anilines is 1. The first kappa shape index (κ1) is 15.2. The summed E-state index contributed by atoms with van der Waals surface area (Å²) in [5.74, 6) is 1.55. The standard InChI is InChI=1S/C14H14N6O2S/c1-9(21)16-11-4-3-5-12(6-11)20-8-15-18-14(20)23-7-13-17-10(2)22-19-13/h3-6,8H,7H2,1-2H3,(H,16,21). The highest BCUT2D eigenvalue weighted by molar-refractivity contribution is 7.98. The first-order valence-corrected chi connectivity index (χ1v) is 7.80. The van der Waals surface area contributed by atoms with Crippen molar-refractivity contribution in [2.45, 2.75) is 24.8 Å². The van der Waals surface area contributed by atoms with Gasteiger partial charge in [0.05, 0.1) is 11.4 Å². The van der Waals surface area contributed by atoms with Crippen molar-refractivity contribution in [1.82, 2.24) is 24.9 Å². The van der Waals surface area contributed by atoms with E-state index in [4.69, 9.17) is 4.52 Å². The Morgan fingerprint density at radius 1 is 1.43 bits per heavy atom. The van der Waals surface area contributed by atoms with Crippen LogP contribution in [0, 0.1) is 6.92 Å². The van der Waals surface area contributed by atoms with E-state index >= 15 is 0 Å². The molecule has 3 rings (SSSR count). The summed E-state index contributed by atoms with van der Waals surface area (Å²) in [4.78, 5) is 15.3. The van der Waals surface area contributed by atoms with E-state index in [9.17, 15) is 4.79 Å². The van der Waals surface area contributed by atoms with Crippen LogP contribution < -0.4 is 5.32 Å². The van der Waals surface area contributed by atoms with Crippen LogP contribution >= 0.6 is 11.8 Å². The Hall–Kier alpha value is -2.68. The molecule has 0 fully saturated rings. The number of carbonyl (C=O) groups excluding carboxylic acids is 1. The molecule has 2 aromatic heterocycles. The Morgan fingerprint density at radius 3 is 3.04 bits per heavy atom. The third-order valence-corrected chi connectivity index (χ3v) is 3.80. The van der Waals surface area contributed by atoms with Gasteiger partial charge in [0.25, 0.3) is 0 Å². The Kier molecular flexibility index (Phi) is 4.38. The molecule has 0 bridgehead atoms. The number of aryl methyl sites for hydroxylation is 1. The van der Waals surface area contributed by atoms with Crippen LogP contribution in [0.1, 0.15) is 18.6 Å². The smallest absolute Gasteiger partial charge is 0.223 e. The number of rotatable bonds is 5. The van der Waals surface area contributed by atoms with Gasteiger partial charge in [0.15, 0.2) is 11.0 Å². The Balaban J connectivity index is 1.78. The molecule has 1 N–H and O–H groups in total. The van der Waals surface area contributed by atoms with Gasteiger partial charge < -0.3 is 9.84 Å². The number of amides is 1. The van der Waals surface area contributed by atoms with E-state index in [2.05, 4.69) is 25.7 Å².